The van der Waals surface area contributed by atoms with Crippen LogP contribution in [0.25, 0.3) is 0 Å². The molecule has 1 unspecified atom stereocenters. The molecule has 4 nitrogen and oxygen atoms in total. The molecule has 0 saturated heterocycles. The second kappa shape index (κ2) is 4.05. The highest BCUT2D eigenvalue weighted by atomic mass is 15.2. The van der Waals surface area contributed by atoms with Crippen molar-refractivity contribution in [2.75, 3.05) is 6.54 Å². The number of aryl methyl sites for hydroxylation is 1. The first kappa shape index (κ1) is 11.9. The van der Waals surface area contributed by atoms with Gasteiger partial charge in [0.1, 0.15) is 5.82 Å². The van der Waals surface area contributed by atoms with Gasteiger partial charge in [0.2, 0.25) is 0 Å². The molecule has 0 radical (unpaired) electrons. The van der Waals surface area contributed by atoms with Crippen molar-refractivity contribution in [1.82, 2.24) is 15.2 Å². The molecule has 0 aromatic carbocycles. The molecule has 4 fully saturated rings. The van der Waals surface area contributed by atoms with Crippen LogP contribution in [0, 0.1) is 30.1 Å². The van der Waals surface area contributed by atoms with Crippen molar-refractivity contribution in [2.45, 2.75) is 51.4 Å². The molecule has 4 aliphatic carbocycles. The van der Waals surface area contributed by atoms with Crippen molar-refractivity contribution in [3.63, 3.8) is 0 Å². The summed E-state index contributed by atoms with van der Waals surface area (Å²) in [5.41, 5.74) is 6.56. The van der Waals surface area contributed by atoms with Crippen LogP contribution in [0.1, 0.15) is 56.1 Å². The maximum Gasteiger partial charge on any atom is 0.155 e. The molecule has 0 aliphatic heterocycles. The molecule has 4 heteroatoms. The number of hydrogen-bond acceptors (Lipinski definition) is 3. The van der Waals surface area contributed by atoms with Gasteiger partial charge in [0, 0.05) is 12.5 Å². The lowest BCUT2D eigenvalue weighted by atomic mass is 9.46. The molecular weight excluding hydrogens is 236 g/mol. The highest BCUT2D eigenvalue weighted by Gasteiger charge is 2.54. The minimum Gasteiger partial charge on any atom is -0.330 e. The number of rotatable bonds is 3. The summed E-state index contributed by atoms with van der Waals surface area (Å²) in [4.78, 5) is 4.59. The Morgan fingerprint density at radius 2 is 1.79 bits per heavy atom. The molecule has 4 saturated carbocycles. The summed E-state index contributed by atoms with van der Waals surface area (Å²) in [7, 11) is 0. The minimum atomic E-state index is 0.367. The molecule has 1 heterocycles. The second-order valence-corrected chi connectivity index (χ2v) is 7.35. The quantitative estimate of drug-likeness (QED) is 0.876. The van der Waals surface area contributed by atoms with Gasteiger partial charge in [0.15, 0.2) is 5.82 Å². The molecule has 5 rings (SSSR count). The summed E-state index contributed by atoms with van der Waals surface area (Å²) >= 11 is 0. The van der Waals surface area contributed by atoms with Gasteiger partial charge in [0.05, 0.1) is 0 Å². The predicted octanol–water partition coefficient (Wildman–Crippen LogP) is 2.37. The molecule has 0 amide bonds. The fourth-order valence-electron chi connectivity index (χ4n) is 5.75. The SMILES string of the molecule is Cc1nc(C(CN)C23CC4CC(CC(C4)C2)C3)n[nH]1. The Bertz CT molecular complexity index is 443. The summed E-state index contributed by atoms with van der Waals surface area (Å²) in [5, 5.41) is 7.43. The van der Waals surface area contributed by atoms with Crippen molar-refractivity contribution in [2.24, 2.45) is 28.9 Å². The van der Waals surface area contributed by atoms with Crippen LogP contribution in [0.4, 0.5) is 0 Å². The van der Waals surface area contributed by atoms with E-state index >= 15 is 0 Å². The van der Waals surface area contributed by atoms with E-state index in [1.165, 1.54) is 38.5 Å². The van der Waals surface area contributed by atoms with Gasteiger partial charge in [-0.15, -0.1) is 0 Å². The van der Waals surface area contributed by atoms with Gasteiger partial charge in [0.25, 0.3) is 0 Å². The molecule has 1 atom stereocenters. The van der Waals surface area contributed by atoms with Crippen molar-refractivity contribution in [3.05, 3.63) is 11.6 Å². The molecule has 19 heavy (non-hydrogen) atoms. The van der Waals surface area contributed by atoms with E-state index in [0.29, 0.717) is 17.9 Å². The normalized spacial score (nSPS) is 41.7. The Morgan fingerprint density at radius 1 is 1.21 bits per heavy atom. The lowest BCUT2D eigenvalue weighted by molar-refractivity contribution is -0.0684. The van der Waals surface area contributed by atoms with E-state index in [2.05, 4.69) is 15.2 Å². The van der Waals surface area contributed by atoms with Crippen LogP contribution in [0.3, 0.4) is 0 Å². The van der Waals surface area contributed by atoms with E-state index in [1.54, 1.807) is 0 Å². The number of nitrogens with one attached hydrogen (secondary N) is 1. The molecule has 3 N–H and O–H groups in total. The maximum absolute atomic E-state index is 6.14. The molecule has 1 aromatic rings. The number of aromatic amines is 1. The van der Waals surface area contributed by atoms with Gasteiger partial charge in [-0.05, 0) is 68.6 Å². The van der Waals surface area contributed by atoms with E-state index in [1.807, 2.05) is 6.92 Å². The van der Waals surface area contributed by atoms with Gasteiger partial charge in [-0.25, -0.2) is 4.98 Å². The number of H-pyrrole nitrogens is 1. The third-order valence-electron chi connectivity index (χ3n) is 5.99. The smallest absolute Gasteiger partial charge is 0.155 e. The van der Waals surface area contributed by atoms with Crippen molar-refractivity contribution < 1.29 is 0 Å². The van der Waals surface area contributed by atoms with Crippen LogP contribution in [-0.4, -0.2) is 21.7 Å². The van der Waals surface area contributed by atoms with E-state index in [-0.39, 0.29) is 0 Å². The summed E-state index contributed by atoms with van der Waals surface area (Å²) in [6, 6.07) is 0. The number of nitrogens with zero attached hydrogens (tertiary/aromatic N) is 2. The average Bonchev–Trinajstić information content (AvgIpc) is 2.74. The number of nitrogens with two attached hydrogens (primary N) is 1. The Morgan fingerprint density at radius 3 is 2.21 bits per heavy atom. The third kappa shape index (κ3) is 1.76. The van der Waals surface area contributed by atoms with E-state index in [0.717, 1.165) is 29.4 Å². The predicted molar refractivity (Wildman–Crippen MR) is 73.5 cm³/mol. The molecule has 4 aliphatic rings. The van der Waals surface area contributed by atoms with Crippen LogP contribution in [0.2, 0.25) is 0 Å². The Hall–Kier alpha value is -0.900. The van der Waals surface area contributed by atoms with Gasteiger partial charge in [-0.2, -0.15) is 5.10 Å². The van der Waals surface area contributed by atoms with Gasteiger partial charge in [-0.3, -0.25) is 5.10 Å². The van der Waals surface area contributed by atoms with Gasteiger partial charge in [-0.1, -0.05) is 0 Å². The average molecular weight is 260 g/mol. The lowest BCUT2D eigenvalue weighted by Crippen LogP contribution is -2.50. The standard InChI is InChI=1S/C15H24N4/c1-9-17-14(19-18-9)13(8-16)15-5-10-2-11(6-15)4-12(3-10)7-15/h10-13H,2-8,16H2,1H3,(H,17,18,19). The van der Waals surface area contributed by atoms with Crippen molar-refractivity contribution >= 4 is 0 Å². The fraction of sp³-hybridized carbons (Fsp3) is 0.867. The number of hydrogen-bond donors (Lipinski definition) is 2. The first-order chi connectivity index (χ1) is 9.18. The highest BCUT2D eigenvalue weighted by molar-refractivity contribution is 5.13. The molecule has 4 bridgehead atoms. The molecule has 1 aromatic heterocycles. The summed E-state index contributed by atoms with van der Waals surface area (Å²) in [6.45, 7) is 2.67. The van der Waals surface area contributed by atoms with Crippen LogP contribution >= 0.6 is 0 Å². The van der Waals surface area contributed by atoms with E-state index < -0.39 is 0 Å². The van der Waals surface area contributed by atoms with Crippen LogP contribution in [-0.2, 0) is 0 Å². The zero-order valence-electron chi connectivity index (χ0n) is 11.7. The van der Waals surface area contributed by atoms with Crippen LogP contribution < -0.4 is 5.73 Å². The Kier molecular flexibility index (Phi) is 2.53. The summed E-state index contributed by atoms with van der Waals surface area (Å²) in [5.74, 6) is 5.13. The van der Waals surface area contributed by atoms with E-state index in [9.17, 15) is 0 Å². The topological polar surface area (TPSA) is 67.6 Å². The molecule has 104 valence electrons. The first-order valence-corrected chi connectivity index (χ1v) is 7.77. The van der Waals surface area contributed by atoms with Crippen molar-refractivity contribution in [1.29, 1.82) is 0 Å². The third-order valence-corrected chi connectivity index (χ3v) is 5.99. The van der Waals surface area contributed by atoms with Crippen LogP contribution in [0.15, 0.2) is 0 Å². The monoisotopic (exact) mass is 260 g/mol. The van der Waals surface area contributed by atoms with E-state index in [4.69, 9.17) is 5.73 Å². The highest BCUT2D eigenvalue weighted by Crippen LogP contribution is 2.64. The van der Waals surface area contributed by atoms with Crippen LogP contribution in [0.5, 0.6) is 0 Å². The minimum absolute atomic E-state index is 0.367. The first-order valence-electron chi connectivity index (χ1n) is 7.77. The second-order valence-electron chi connectivity index (χ2n) is 7.35. The summed E-state index contributed by atoms with van der Waals surface area (Å²) < 4.78 is 0. The maximum atomic E-state index is 6.14. The lowest BCUT2D eigenvalue weighted by Gasteiger charge is -2.59. The van der Waals surface area contributed by atoms with Gasteiger partial charge >= 0.3 is 0 Å². The molecule has 0 spiro atoms. The van der Waals surface area contributed by atoms with Gasteiger partial charge < -0.3 is 5.73 Å². The zero-order chi connectivity index (χ0) is 13.0. The Labute approximate surface area is 114 Å². The largest absolute Gasteiger partial charge is 0.330 e. The number of aromatic nitrogens is 3. The fourth-order valence-corrected chi connectivity index (χ4v) is 5.75. The molecular formula is C15H24N4. The zero-order valence-corrected chi connectivity index (χ0v) is 11.7. The Balaban J connectivity index is 1.69. The summed E-state index contributed by atoms with van der Waals surface area (Å²) in [6.07, 6.45) is 8.54. The van der Waals surface area contributed by atoms with Crippen molar-refractivity contribution in [3.8, 4) is 0 Å².